The number of nitrogens with zero attached hydrogens (tertiary/aromatic N) is 1. The van der Waals surface area contributed by atoms with Gasteiger partial charge in [0.25, 0.3) is 5.91 Å². The molecule has 0 spiro atoms. The first-order valence-corrected chi connectivity index (χ1v) is 9.01. The van der Waals surface area contributed by atoms with Gasteiger partial charge in [-0.25, -0.2) is 0 Å². The summed E-state index contributed by atoms with van der Waals surface area (Å²) in [6.07, 6.45) is -0.0692. The molecule has 0 radical (unpaired) electrons. The van der Waals surface area contributed by atoms with Crippen LogP contribution in [0.1, 0.15) is 28.4 Å². The standard InChI is InChI=1S/C21H24N2O4/c1-14-4-3-5-19(10-14)27-13-18(25)12-22-21(26)17-6-7-20-16(11-17)8-9-23(20)15(2)24/h3-7,10-11,18,25H,8-9,12-13H2,1-2H3,(H,22,26). The van der Waals surface area contributed by atoms with Gasteiger partial charge in [0.15, 0.2) is 0 Å². The van der Waals surface area contributed by atoms with Crippen LogP contribution >= 0.6 is 0 Å². The molecule has 2 N–H and O–H groups in total. The van der Waals surface area contributed by atoms with Crippen molar-refractivity contribution in [3.63, 3.8) is 0 Å². The van der Waals surface area contributed by atoms with E-state index in [9.17, 15) is 14.7 Å². The lowest BCUT2D eigenvalue weighted by atomic mass is 10.1. The van der Waals surface area contributed by atoms with Crippen LogP contribution in [0.25, 0.3) is 0 Å². The molecule has 3 rings (SSSR count). The summed E-state index contributed by atoms with van der Waals surface area (Å²) in [5, 5.41) is 12.8. The molecule has 0 fully saturated rings. The third-order valence-corrected chi connectivity index (χ3v) is 4.55. The predicted octanol–water partition coefficient (Wildman–Crippen LogP) is 2.07. The summed E-state index contributed by atoms with van der Waals surface area (Å²) in [6.45, 7) is 4.35. The van der Waals surface area contributed by atoms with E-state index in [1.54, 1.807) is 17.0 Å². The number of aryl methyl sites for hydroxylation is 1. The lowest BCUT2D eigenvalue weighted by molar-refractivity contribution is -0.116. The van der Waals surface area contributed by atoms with Crippen LogP contribution in [-0.2, 0) is 11.2 Å². The summed E-state index contributed by atoms with van der Waals surface area (Å²) in [4.78, 5) is 25.6. The molecule has 2 aromatic rings. The van der Waals surface area contributed by atoms with Crippen LogP contribution in [0.4, 0.5) is 5.69 Å². The molecule has 0 aliphatic carbocycles. The van der Waals surface area contributed by atoms with E-state index < -0.39 is 6.10 Å². The van der Waals surface area contributed by atoms with E-state index in [0.29, 0.717) is 17.9 Å². The van der Waals surface area contributed by atoms with Crippen LogP contribution in [0.5, 0.6) is 5.75 Å². The van der Waals surface area contributed by atoms with Gasteiger partial charge in [-0.3, -0.25) is 9.59 Å². The molecule has 27 heavy (non-hydrogen) atoms. The van der Waals surface area contributed by atoms with Gasteiger partial charge in [-0.15, -0.1) is 0 Å². The Morgan fingerprint density at radius 1 is 1.26 bits per heavy atom. The topological polar surface area (TPSA) is 78.9 Å². The molecular formula is C21H24N2O4. The van der Waals surface area contributed by atoms with Crippen molar-refractivity contribution in [2.45, 2.75) is 26.4 Å². The molecule has 1 atom stereocenters. The molecule has 1 unspecified atom stereocenters. The fourth-order valence-electron chi connectivity index (χ4n) is 3.14. The first kappa shape index (κ1) is 18.9. The van der Waals surface area contributed by atoms with E-state index in [1.807, 2.05) is 37.3 Å². The maximum atomic E-state index is 12.3. The number of rotatable bonds is 6. The van der Waals surface area contributed by atoms with Crippen molar-refractivity contribution >= 4 is 17.5 Å². The SMILES string of the molecule is CC(=O)N1CCc2cc(C(=O)NCC(O)COc3cccc(C)c3)ccc21. The van der Waals surface area contributed by atoms with Crippen molar-refractivity contribution in [2.24, 2.45) is 0 Å². The van der Waals surface area contributed by atoms with Crippen LogP contribution in [0, 0.1) is 6.92 Å². The Kier molecular flexibility index (Phi) is 5.76. The van der Waals surface area contributed by atoms with E-state index in [0.717, 1.165) is 23.2 Å². The summed E-state index contributed by atoms with van der Waals surface area (Å²) < 4.78 is 5.54. The first-order valence-electron chi connectivity index (χ1n) is 9.01. The predicted molar refractivity (Wildman–Crippen MR) is 103 cm³/mol. The second kappa shape index (κ2) is 8.22. The number of benzene rings is 2. The maximum Gasteiger partial charge on any atom is 0.251 e. The minimum absolute atomic E-state index is 0.00248. The third-order valence-electron chi connectivity index (χ3n) is 4.55. The quantitative estimate of drug-likeness (QED) is 0.818. The van der Waals surface area contributed by atoms with Crippen LogP contribution in [-0.4, -0.2) is 42.7 Å². The second-order valence-corrected chi connectivity index (χ2v) is 6.76. The van der Waals surface area contributed by atoms with Crippen LogP contribution < -0.4 is 15.0 Å². The molecule has 1 aliphatic heterocycles. The summed E-state index contributed by atoms with van der Waals surface area (Å²) in [7, 11) is 0. The number of nitrogens with one attached hydrogen (secondary N) is 1. The average Bonchev–Trinajstić information content (AvgIpc) is 3.08. The van der Waals surface area contributed by atoms with Gasteiger partial charge in [0.05, 0.1) is 0 Å². The number of aliphatic hydroxyl groups is 1. The van der Waals surface area contributed by atoms with Crippen molar-refractivity contribution in [3.05, 3.63) is 59.2 Å². The molecule has 0 saturated heterocycles. The highest BCUT2D eigenvalue weighted by Gasteiger charge is 2.23. The van der Waals surface area contributed by atoms with Crippen LogP contribution in [0.2, 0.25) is 0 Å². The zero-order valence-corrected chi connectivity index (χ0v) is 15.6. The van der Waals surface area contributed by atoms with Gasteiger partial charge < -0.3 is 20.1 Å². The van der Waals surface area contributed by atoms with Gasteiger partial charge in [0.1, 0.15) is 18.5 Å². The molecular weight excluding hydrogens is 344 g/mol. The van der Waals surface area contributed by atoms with Gasteiger partial charge in [-0.1, -0.05) is 12.1 Å². The van der Waals surface area contributed by atoms with Crippen molar-refractivity contribution < 1.29 is 19.4 Å². The Balaban J connectivity index is 1.51. The Bertz CT molecular complexity index is 850. The molecule has 6 nitrogen and oxygen atoms in total. The molecule has 0 saturated carbocycles. The van der Waals surface area contributed by atoms with Gasteiger partial charge in [0, 0.05) is 31.3 Å². The van der Waals surface area contributed by atoms with Gasteiger partial charge >= 0.3 is 0 Å². The number of aliphatic hydroxyl groups excluding tert-OH is 1. The van der Waals surface area contributed by atoms with Crippen molar-refractivity contribution in [2.75, 3.05) is 24.6 Å². The number of anilines is 1. The molecule has 0 bridgehead atoms. The second-order valence-electron chi connectivity index (χ2n) is 6.76. The molecule has 0 aromatic heterocycles. The van der Waals surface area contributed by atoms with Crippen LogP contribution in [0.15, 0.2) is 42.5 Å². The molecule has 2 aromatic carbocycles. The van der Waals surface area contributed by atoms with E-state index in [2.05, 4.69) is 5.32 Å². The van der Waals surface area contributed by atoms with Crippen molar-refractivity contribution in [1.82, 2.24) is 5.32 Å². The smallest absolute Gasteiger partial charge is 0.251 e. The summed E-state index contributed by atoms with van der Waals surface area (Å²) in [5.74, 6) is 0.436. The molecule has 1 aliphatic rings. The van der Waals surface area contributed by atoms with Gasteiger partial charge in [0.2, 0.25) is 5.91 Å². The highest BCUT2D eigenvalue weighted by Crippen LogP contribution is 2.28. The number of fused-ring (bicyclic) bond motifs is 1. The average molecular weight is 368 g/mol. The van der Waals surface area contributed by atoms with Gasteiger partial charge in [-0.2, -0.15) is 0 Å². The number of amides is 2. The van der Waals surface area contributed by atoms with Crippen molar-refractivity contribution in [3.8, 4) is 5.75 Å². The normalized spacial score (nSPS) is 13.8. The minimum atomic E-state index is -0.808. The Hall–Kier alpha value is -2.86. The Morgan fingerprint density at radius 3 is 2.81 bits per heavy atom. The maximum absolute atomic E-state index is 12.3. The van der Waals surface area contributed by atoms with E-state index in [4.69, 9.17) is 4.74 Å². The molecule has 2 amide bonds. The molecule has 1 heterocycles. The highest BCUT2D eigenvalue weighted by atomic mass is 16.5. The fraction of sp³-hybridized carbons (Fsp3) is 0.333. The van der Waals surface area contributed by atoms with Crippen molar-refractivity contribution in [1.29, 1.82) is 0 Å². The summed E-state index contributed by atoms with van der Waals surface area (Å²) >= 11 is 0. The highest BCUT2D eigenvalue weighted by molar-refractivity contribution is 5.97. The van der Waals surface area contributed by atoms with Crippen LogP contribution in [0.3, 0.4) is 0 Å². The number of hydrogen-bond acceptors (Lipinski definition) is 4. The number of carbonyl (C=O) groups excluding carboxylic acids is 2. The number of carbonyl (C=O) groups is 2. The Morgan fingerprint density at radius 2 is 2.07 bits per heavy atom. The zero-order chi connectivity index (χ0) is 19.4. The largest absolute Gasteiger partial charge is 0.491 e. The molecule has 142 valence electrons. The first-order chi connectivity index (χ1) is 12.9. The lowest BCUT2D eigenvalue weighted by Crippen LogP contribution is -2.35. The zero-order valence-electron chi connectivity index (χ0n) is 15.6. The summed E-state index contributed by atoms with van der Waals surface area (Å²) in [5.41, 5.74) is 3.45. The number of hydrogen-bond donors (Lipinski definition) is 2. The Labute approximate surface area is 158 Å². The van der Waals surface area contributed by atoms with E-state index in [1.165, 1.54) is 6.92 Å². The fourth-order valence-corrected chi connectivity index (χ4v) is 3.14. The third kappa shape index (κ3) is 4.65. The minimum Gasteiger partial charge on any atom is -0.491 e. The van der Waals surface area contributed by atoms with E-state index >= 15 is 0 Å². The lowest BCUT2D eigenvalue weighted by Gasteiger charge is -2.15. The number of ether oxygens (including phenoxy) is 1. The van der Waals surface area contributed by atoms with E-state index in [-0.39, 0.29) is 25.0 Å². The van der Waals surface area contributed by atoms with Gasteiger partial charge in [-0.05, 0) is 54.8 Å². The summed E-state index contributed by atoms with van der Waals surface area (Å²) in [6, 6.07) is 12.9. The monoisotopic (exact) mass is 368 g/mol. The molecule has 6 heteroatoms.